The van der Waals surface area contributed by atoms with Crippen LogP contribution in [0.25, 0.3) is 5.69 Å². The molecule has 3 N–H and O–H groups in total. The normalized spacial score (nSPS) is 10.4. The number of amides is 2. The van der Waals surface area contributed by atoms with Crippen molar-refractivity contribution in [2.45, 2.75) is 0 Å². The van der Waals surface area contributed by atoms with Crippen LogP contribution < -0.4 is 10.6 Å². The van der Waals surface area contributed by atoms with Crippen molar-refractivity contribution in [3.63, 3.8) is 0 Å². The molecule has 0 aliphatic carbocycles. The number of nitrogens with one attached hydrogen (secondary N) is 3. The molecule has 0 spiro atoms. The maximum atomic E-state index is 12.6. The Morgan fingerprint density at radius 1 is 0.767 bits per heavy atom. The molecule has 0 aliphatic heterocycles. The Morgan fingerprint density at radius 3 is 2.10 bits per heavy atom. The Hall–Kier alpha value is -3.97. The number of hydrogen-bond donors (Lipinski definition) is 3. The van der Waals surface area contributed by atoms with E-state index in [1.54, 1.807) is 54.7 Å². The highest BCUT2D eigenvalue weighted by Gasteiger charge is 2.09. The predicted molar refractivity (Wildman–Crippen MR) is 120 cm³/mol. The third-order valence-corrected chi connectivity index (χ3v) is 4.79. The first-order chi connectivity index (χ1) is 14.6. The van der Waals surface area contributed by atoms with Gasteiger partial charge in [0.25, 0.3) is 11.8 Å². The fraction of sp³-hybridized carbons (Fsp3) is 0. The summed E-state index contributed by atoms with van der Waals surface area (Å²) in [5.74, 6) is -0.446. The van der Waals surface area contributed by atoms with Crippen LogP contribution in [0.3, 0.4) is 0 Å². The zero-order valence-electron chi connectivity index (χ0n) is 15.8. The van der Waals surface area contributed by atoms with Crippen molar-refractivity contribution in [3.05, 3.63) is 107 Å². The molecule has 7 heteroatoms. The molecule has 4 rings (SSSR count). The van der Waals surface area contributed by atoms with Crippen molar-refractivity contribution in [3.8, 4) is 5.69 Å². The molecule has 0 radical (unpaired) electrons. The molecular weight excluding hydrogens is 396 g/mol. The number of carbonyl (C=O) groups is 2. The summed E-state index contributed by atoms with van der Waals surface area (Å²) in [6, 6.07) is 23.1. The van der Waals surface area contributed by atoms with Crippen LogP contribution in [0.15, 0.2) is 91.3 Å². The lowest BCUT2D eigenvalue weighted by Gasteiger charge is -2.09. The molecule has 0 fully saturated rings. The highest BCUT2D eigenvalue weighted by atomic mass is 32.1. The lowest BCUT2D eigenvalue weighted by Crippen LogP contribution is -2.13. The lowest BCUT2D eigenvalue weighted by atomic mass is 10.1. The van der Waals surface area contributed by atoms with Crippen LogP contribution >= 0.6 is 12.2 Å². The molecule has 2 amide bonds. The molecule has 0 atom stereocenters. The highest BCUT2D eigenvalue weighted by Crippen LogP contribution is 2.17. The van der Waals surface area contributed by atoms with E-state index in [0.717, 1.165) is 5.69 Å². The first kappa shape index (κ1) is 19.4. The molecule has 0 unspecified atom stereocenters. The number of aromatic amines is 1. The predicted octanol–water partition coefficient (Wildman–Crippen LogP) is 5.04. The third-order valence-electron chi connectivity index (χ3n) is 4.47. The molecule has 0 bridgehead atoms. The minimum absolute atomic E-state index is 0.201. The van der Waals surface area contributed by atoms with E-state index < -0.39 is 0 Å². The summed E-state index contributed by atoms with van der Waals surface area (Å²) in [5, 5.41) is 5.70. The molecule has 4 aromatic rings. The minimum Gasteiger partial charge on any atom is -0.337 e. The van der Waals surface area contributed by atoms with Gasteiger partial charge in [0.2, 0.25) is 0 Å². The van der Waals surface area contributed by atoms with E-state index in [2.05, 4.69) is 15.6 Å². The van der Waals surface area contributed by atoms with Crippen molar-refractivity contribution in [1.82, 2.24) is 9.55 Å². The number of aromatic nitrogens is 2. The maximum Gasteiger partial charge on any atom is 0.255 e. The van der Waals surface area contributed by atoms with Crippen molar-refractivity contribution in [2.75, 3.05) is 10.6 Å². The molecule has 1 aromatic heterocycles. The Balaban J connectivity index is 1.44. The topological polar surface area (TPSA) is 78.9 Å². The summed E-state index contributed by atoms with van der Waals surface area (Å²) >= 11 is 5.24. The van der Waals surface area contributed by atoms with Crippen LogP contribution in [0.4, 0.5) is 11.4 Å². The van der Waals surface area contributed by atoms with E-state index in [0.29, 0.717) is 27.3 Å². The van der Waals surface area contributed by atoms with E-state index in [-0.39, 0.29) is 11.8 Å². The largest absolute Gasteiger partial charge is 0.337 e. The number of imidazole rings is 1. The van der Waals surface area contributed by atoms with E-state index >= 15 is 0 Å². The first-order valence-corrected chi connectivity index (χ1v) is 9.65. The summed E-state index contributed by atoms with van der Waals surface area (Å²) in [6.07, 6.45) is 3.58. The fourth-order valence-corrected chi connectivity index (χ4v) is 3.19. The summed E-state index contributed by atoms with van der Waals surface area (Å²) < 4.78 is 2.39. The van der Waals surface area contributed by atoms with Gasteiger partial charge in [-0.1, -0.05) is 24.3 Å². The first-order valence-electron chi connectivity index (χ1n) is 9.24. The van der Waals surface area contributed by atoms with E-state index in [9.17, 15) is 9.59 Å². The molecule has 0 saturated carbocycles. The molecule has 0 aliphatic rings. The van der Waals surface area contributed by atoms with Crippen molar-refractivity contribution < 1.29 is 9.59 Å². The Bertz CT molecular complexity index is 1240. The minimum atomic E-state index is -0.245. The second kappa shape index (κ2) is 8.59. The fourth-order valence-electron chi connectivity index (χ4n) is 2.96. The van der Waals surface area contributed by atoms with Crippen molar-refractivity contribution in [2.24, 2.45) is 0 Å². The van der Waals surface area contributed by atoms with Gasteiger partial charge in [-0.15, -0.1) is 0 Å². The summed E-state index contributed by atoms with van der Waals surface area (Å²) in [4.78, 5) is 27.8. The standard InChI is InChI=1S/C23H18N4O2S/c28-21(16-5-2-1-3-6-16)25-18-11-9-17(10-12-18)22(29)26-19-7-4-8-20(15-19)27-14-13-24-23(27)30/h1-15H,(H,24,30)(H,25,28)(H,26,29). The van der Waals surface area contributed by atoms with Crippen LogP contribution in [-0.4, -0.2) is 21.4 Å². The number of hydrogen-bond acceptors (Lipinski definition) is 3. The van der Waals surface area contributed by atoms with Gasteiger partial charge in [-0.3, -0.25) is 14.2 Å². The van der Waals surface area contributed by atoms with Crippen molar-refractivity contribution in [1.29, 1.82) is 0 Å². The Kier molecular flexibility index (Phi) is 5.54. The number of nitrogens with zero attached hydrogens (tertiary/aromatic N) is 1. The second-order valence-corrected chi connectivity index (χ2v) is 6.92. The SMILES string of the molecule is O=C(Nc1ccc(C(=O)Nc2cccc(-n3cc[nH]c3=S)c2)cc1)c1ccccc1. The molecule has 30 heavy (non-hydrogen) atoms. The molecule has 0 saturated heterocycles. The van der Waals surface area contributed by atoms with Crippen LogP contribution in [0, 0.1) is 4.77 Å². The van der Waals surface area contributed by atoms with Gasteiger partial charge in [0, 0.05) is 40.6 Å². The summed E-state index contributed by atoms with van der Waals surface area (Å²) in [7, 11) is 0. The molecule has 148 valence electrons. The van der Waals surface area contributed by atoms with Gasteiger partial charge in [-0.05, 0) is 66.8 Å². The zero-order chi connectivity index (χ0) is 20.9. The van der Waals surface area contributed by atoms with E-state index in [4.69, 9.17) is 12.2 Å². The van der Waals surface area contributed by atoms with Crippen LogP contribution in [0.2, 0.25) is 0 Å². The van der Waals surface area contributed by atoms with E-state index in [1.165, 1.54) is 0 Å². The van der Waals surface area contributed by atoms with Gasteiger partial charge in [0.15, 0.2) is 4.77 Å². The third kappa shape index (κ3) is 4.37. The molecular formula is C23H18N4O2S. The average Bonchev–Trinajstić information content (AvgIpc) is 3.21. The number of anilines is 2. The molecule has 6 nitrogen and oxygen atoms in total. The van der Waals surface area contributed by atoms with Gasteiger partial charge < -0.3 is 15.6 Å². The van der Waals surface area contributed by atoms with E-state index in [1.807, 2.05) is 41.1 Å². The average molecular weight is 414 g/mol. The van der Waals surface area contributed by atoms with Gasteiger partial charge in [0.1, 0.15) is 0 Å². The van der Waals surface area contributed by atoms with Gasteiger partial charge in [0.05, 0.1) is 0 Å². The maximum absolute atomic E-state index is 12.6. The summed E-state index contributed by atoms with van der Waals surface area (Å²) in [6.45, 7) is 0. The number of rotatable bonds is 5. The number of H-pyrrole nitrogens is 1. The van der Waals surface area contributed by atoms with Crippen LogP contribution in [-0.2, 0) is 0 Å². The summed E-state index contributed by atoms with van der Waals surface area (Å²) in [5.41, 5.74) is 3.17. The van der Waals surface area contributed by atoms with Gasteiger partial charge in [-0.25, -0.2) is 0 Å². The smallest absolute Gasteiger partial charge is 0.255 e. The van der Waals surface area contributed by atoms with Gasteiger partial charge in [-0.2, -0.15) is 0 Å². The second-order valence-electron chi connectivity index (χ2n) is 6.54. The lowest BCUT2D eigenvalue weighted by molar-refractivity contribution is 0.102. The quantitative estimate of drug-likeness (QED) is 0.400. The Labute approximate surface area is 178 Å². The highest BCUT2D eigenvalue weighted by molar-refractivity contribution is 7.71. The van der Waals surface area contributed by atoms with Gasteiger partial charge >= 0.3 is 0 Å². The number of benzene rings is 3. The Morgan fingerprint density at radius 2 is 1.43 bits per heavy atom. The van der Waals surface area contributed by atoms with Crippen molar-refractivity contribution >= 4 is 35.4 Å². The monoisotopic (exact) mass is 414 g/mol. The number of carbonyl (C=O) groups excluding carboxylic acids is 2. The zero-order valence-corrected chi connectivity index (χ0v) is 16.6. The molecule has 1 heterocycles. The van der Waals surface area contributed by atoms with Crippen LogP contribution in [0.1, 0.15) is 20.7 Å². The van der Waals surface area contributed by atoms with Crippen LogP contribution in [0.5, 0.6) is 0 Å². The molecule has 3 aromatic carbocycles.